The Morgan fingerprint density at radius 2 is 1.93 bits per heavy atom. The first-order valence-corrected chi connectivity index (χ1v) is 10.3. The molecule has 158 valence electrons. The summed E-state index contributed by atoms with van der Waals surface area (Å²) in [6, 6.07) is 1.84. The normalized spacial score (nSPS) is 21.0. The van der Waals surface area contributed by atoms with E-state index in [-0.39, 0.29) is 5.91 Å². The molecule has 0 aromatic carbocycles. The number of methoxy groups -OCH3 is 1. The molecule has 1 amide bonds. The second-order valence-electron chi connectivity index (χ2n) is 8.26. The van der Waals surface area contributed by atoms with Gasteiger partial charge in [0.1, 0.15) is 17.8 Å². The van der Waals surface area contributed by atoms with Crippen LogP contribution in [0.15, 0.2) is 23.1 Å². The van der Waals surface area contributed by atoms with E-state index in [0.29, 0.717) is 36.3 Å². The van der Waals surface area contributed by atoms with E-state index in [2.05, 4.69) is 19.9 Å². The van der Waals surface area contributed by atoms with Gasteiger partial charge in [-0.15, -0.1) is 0 Å². The van der Waals surface area contributed by atoms with Crippen molar-refractivity contribution < 1.29 is 13.9 Å². The number of nitrogens with zero attached hydrogens (tertiary/aromatic N) is 6. The lowest BCUT2D eigenvalue weighted by molar-refractivity contribution is 0.0781. The standard InChI is InChI=1S/C21H26N6O3/c1-13-6-17(14(2)30-13)21(28)27-9-15-7-26(8-16(15)10-27)20-18-19(22-11-23-20)25(12-24-18)4-5-29-3/h6,11-12,15-16H,4-5,7-10H2,1-3H3. The summed E-state index contributed by atoms with van der Waals surface area (Å²) in [6.45, 7) is 8.31. The molecular formula is C21H26N6O3. The Kier molecular flexibility index (Phi) is 4.69. The number of likely N-dealkylation sites (tertiary alicyclic amines) is 1. The van der Waals surface area contributed by atoms with Gasteiger partial charge in [-0.1, -0.05) is 0 Å². The molecule has 0 aliphatic carbocycles. The van der Waals surface area contributed by atoms with Crippen LogP contribution in [0.3, 0.4) is 0 Å². The summed E-state index contributed by atoms with van der Waals surface area (Å²) in [4.78, 5) is 30.7. The first-order valence-electron chi connectivity index (χ1n) is 10.3. The van der Waals surface area contributed by atoms with Crippen molar-refractivity contribution in [2.75, 3.05) is 44.8 Å². The molecule has 30 heavy (non-hydrogen) atoms. The molecule has 2 fully saturated rings. The number of aryl methyl sites for hydroxylation is 2. The average Bonchev–Trinajstić information content (AvgIpc) is 3.47. The Morgan fingerprint density at radius 3 is 2.60 bits per heavy atom. The van der Waals surface area contributed by atoms with Crippen LogP contribution in [0.4, 0.5) is 5.82 Å². The minimum Gasteiger partial charge on any atom is -0.466 e. The van der Waals surface area contributed by atoms with Gasteiger partial charge in [0.05, 0.1) is 18.5 Å². The van der Waals surface area contributed by atoms with Crippen molar-refractivity contribution in [2.45, 2.75) is 20.4 Å². The highest BCUT2D eigenvalue weighted by atomic mass is 16.5. The molecule has 0 N–H and O–H groups in total. The number of fused-ring (bicyclic) bond motifs is 2. The molecule has 3 aromatic rings. The lowest BCUT2D eigenvalue weighted by Crippen LogP contribution is -2.33. The van der Waals surface area contributed by atoms with E-state index in [1.807, 2.05) is 29.4 Å². The summed E-state index contributed by atoms with van der Waals surface area (Å²) in [7, 11) is 1.69. The van der Waals surface area contributed by atoms with E-state index in [4.69, 9.17) is 9.15 Å². The molecule has 3 aromatic heterocycles. The van der Waals surface area contributed by atoms with E-state index in [1.54, 1.807) is 19.8 Å². The lowest BCUT2D eigenvalue weighted by atomic mass is 10.0. The highest BCUT2D eigenvalue weighted by molar-refractivity contribution is 5.95. The monoisotopic (exact) mass is 410 g/mol. The summed E-state index contributed by atoms with van der Waals surface area (Å²) in [6.07, 6.45) is 3.41. The van der Waals surface area contributed by atoms with Crippen LogP contribution >= 0.6 is 0 Å². The average molecular weight is 410 g/mol. The first kappa shape index (κ1) is 19.0. The quantitative estimate of drug-likeness (QED) is 0.634. The third kappa shape index (κ3) is 3.13. The van der Waals surface area contributed by atoms with E-state index in [9.17, 15) is 4.79 Å². The minimum atomic E-state index is 0.0756. The fraction of sp³-hybridized carbons (Fsp3) is 0.524. The molecule has 9 nitrogen and oxygen atoms in total. The molecule has 5 rings (SSSR count). The Morgan fingerprint density at radius 1 is 1.17 bits per heavy atom. The molecule has 5 heterocycles. The third-order valence-corrected chi connectivity index (χ3v) is 6.26. The van der Waals surface area contributed by atoms with Crippen molar-refractivity contribution in [3.63, 3.8) is 0 Å². The van der Waals surface area contributed by atoms with Gasteiger partial charge < -0.3 is 23.5 Å². The first-order chi connectivity index (χ1) is 14.5. The summed E-state index contributed by atoms with van der Waals surface area (Å²) in [5.74, 6) is 3.30. The molecule has 9 heteroatoms. The van der Waals surface area contributed by atoms with Crippen LogP contribution in [-0.4, -0.2) is 70.2 Å². The van der Waals surface area contributed by atoms with Gasteiger partial charge in [0.2, 0.25) is 0 Å². The number of furan rings is 1. The number of anilines is 1. The van der Waals surface area contributed by atoms with Crippen molar-refractivity contribution >= 4 is 22.9 Å². The molecule has 0 bridgehead atoms. The minimum absolute atomic E-state index is 0.0756. The van der Waals surface area contributed by atoms with Crippen LogP contribution in [0.2, 0.25) is 0 Å². The molecular weight excluding hydrogens is 384 g/mol. The molecule has 2 atom stereocenters. The largest absolute Gasteiger partial charge is 0.466 e. The second-order valence-corrected chi connectivity index (χ2v) is 8.26. The van der Waals surface area contributed by atoms with Crippen LogP contribution in [0, 0.1) is 25.7 Å². The van der Waals surface area contributed by atoms with Crippen LogP contribution in [0.5, 0.6) is 0 Å². The zero-order chi connectivity index (χ0) is 20.8. The maximum absolute atomic E-state index is 12.9. The molecule has 2 aliphatic heterocycles. The highest BCUT2D eigenvalue weighted by Crippen LogP contribution is 2.36. The Bertz CT molecular complexity index is 1080. The number of amides is 1. The predicted octanol–water partition coefficient (Wildman–Crippen LogP) is 1.89. The number of carbonyl (C=O) groups is 1. The molecule has 0 spiro atoms. The summed E-state index contributed by atoms with van der Waals surface area (Å²) < 4.78 is 12.7. The molecule has 2 saturated heterocycles. The summed E-state index contributed by atoms with van der Waals surface area (Å²) in [5, 5.41) is 0. The number of hydrogen-bond acceptors (Lipinski definition) is 7. The van der Waals surface area contributed by atoms with E-state index in [1.165, 1.54) is 0 Å². The van der Waals surface area contributed by atoms with Gasteiger partial charge >= 0.3 is 0 Å². The molecule has 2 aliphatic rings. The fourth-order valence-electron chi connectivity index (χ4n) is 4.80. The van der Waals surface area contributed by atoms with Gasteiger partial charge in [-0.3, -0.25) is 4.79 Å². The van der Waals surface area contributed by atoms with Crippen LogP contribution in [0.25, 0.3) is 11.2 Å². The number of ether oxygens (including phenoxy) is 1. The number of rotatable bonds is 5. The van der Waals surface area contributed by atoms with E-state index in [0.717, 1.165) is 48.9 Å². The topological polar surface area (TPSA) is 89.5 Å². The van der Waals surface area contributed by atoms with E-state index >= 15 is 0 Å². The predicted molar refractivity (Wildman–Crippen MR) is 110 cm³/mol. The van der Waals surface area contributed by atoms with Gasteiger partial charge in [0, 0.05) is 51.7 Å². The van der Waals surface area contributed by atoms with Gasteiger partial charge in [0.25, 0.3) is 5.91 Å². The fourth-order valence-corrected chi connectivity index (χ4v) is 4.80. The maximum Gasteiger partial charge on any atom is 0.257 e. The van der Waals surface area contributed by atoms with Crippen LogP contribution in [-0.2, 0) is 11.3 Å². The zero-order valence-electron chi connectivity index (χ0n) is 17.5. The maximum atomic E-state index is 12.9. The van der Waals surface area contributed by atoms with Crippen LogP contribution < -0.4 is 4.90 Å². The number of aromatic nitrogens is 4. The lowest BCUT2D eigenvalue weighted by Gasteiger charge is -2.22. The number of imidazole rings is 1. The smallest absolute Gasteiger partial charge is 0.257 e. The second kappa shape index (κ2) is 7.39. The summed E-state index contributed by atoms with van der Waals surface area (Å²) in [5.41, 5.74) is 2.34. The SMILES string of the molecule is COCCn1cnc2c(N3CC4CN(C(=O)c5cc(C)oc5C)CC4C3)ncnc21. The van der Waals surface area contributed by atoms with Gasteiger partial charge in [-0.05, 0) is 19.9 Å². The number of carbonyl (C=O) groups excluding carboxylic acids is 1. The van der Waals surface area contributed by atoms with Crippen molar-refractivity contribution in [3.8, 4) is 0 Å². The zero-order valence-corrected chi connectivity index (χ0v) is 17.5. The van der Waals surface area contributed by atoms with Crippen molar-refractivity contribution in [1.29, 1.82) is 0 Å². The highest BCUT2D eigenvalue weighted by Gasteiger charge is 2.43. The van der Waals surface area contributed by atoms with Gasteiger partial charge in [0.15, 0.2) is 17.0 Å². The van der Waals surface area contributed by atoms with Crippen molar-refractivity contribution in [2.24, 2.45) is 11.8 Å². The van der Waals surface area contributed by atoms with Crippen LogP contribution in [0.1, 0.15) is 21.9 Å². The Balaban J connectivity index is 1.31. The van der Waals surface area contributed by atoms with Gasteiger partial charge in [-0.25, -0.2) is 15.0 Å². The molecule has 0 radical (unpaired) electrons. The van der Waals surface area contributed by atoms with Crippen molar-refractivity contribution in [3.05, 3.63) is 35.8 Å². The Hall–Kier alpha value is -2.94. The molecule has 2 unspecified atom stereocenters. The molecule has 0 saturated carbocycles. The van der Waals surface area contributed by atoms with E-state index < -0.39 is 0 Å². The summed E-state index contributed by atoms with van der Waals surface area (Å²) >= 11 is 0. The third-order valence-electron chi connectivity index (χ3n) is 6.26. The van der Waals surface area contributed by atoms with Crippen molar-refractivity contribution in [1.82, 2.24) is 24.4 Å². The Labute approximate surface area is 174 Å². The van der Waals surface area contributed by atoms with Gasteiger partial charge in [-0.2, -0.15) is 0 Å². The number of hydrogen-bond donors (Lipinski definition) is 0.